The standard InChI is InChI=1S/C21H31N5O.HI/c1-17-7-4-5-8-20(17)27-12-6-10-23-21(22-2)26-11-9-18(16-26)13-19-14-24-25(3)15-19;/h4-5,7-8,14-15,18H,6,9-13,16H2,1-3H3,(H,22,23);1H. The van der Waals surface area contributed by atoms with Gasteiger partial charge in [-0.1, -0.05) is 18.2 Å². The van der Waals surface area contributed by atoms with Crippen LogP contribution in [0.2, 0.25) is 0 Å². The van der Waals surface area contributed by atoms with Crippen LogP contribution in [0.15, 0.2) is 41.7 Å². The zero-order valence-corrected chi connectivity index (χ0v) is 19.4. The zero-order chi connectivity index (χ0) is 19.1. The van der Waals surface area contributed by atoms with Gasteiger partial charge in [0.05, 0.1) is 12.8 Å². The lowest BCUT2D eigenvalue weighted by Gasteiger charge is -2.21. The summed E-state index contributed by atoms with van der Waals surface area (Å²) < 4.78 is 7.74. The number of hydrogen-bond donors (Lipinski definition) is 1. The molecule has 1 aromatic heterocycles. The van der Waals surface area contributed by atoms with E-state index in [9.17, 15) is 0 Å². The molecule has 6 nitrogen and oxygen atoms in total. The number of halogens is 1. The summed E-state index contributed by atoms with van der Waals surface area (Å²) in [6, 6.07) is 8.14. The Morgan fingerprint density at radius 1 is 1.36 bits per heavy atom. The monoisotopic (exact) mass is 497 g/mol. The van der Waals surface area contributed by atoms with E-state index in [2.05, 4.69) is 39.5 Å². The maximum absolute atomic E-state index is 5.86. The van der Waals surface area contributed by atoms with Gasteiger partial charge in [-0.2, -0.15) is 5.10 Å². The predicted molar refractivity (Wildman–Crippen MR) is 125 cm³/mol. The van der Waals surface area contributed by atoms with Gasteiger partial charge in [-0.15, -0.1) is 24.0 Å². The smallest absolute Gasteiger partial charge is 0.193 e. The van der Waals surface area contributed by atoms with Crippen molar-refractivity contribution >= 4 is 29.9 Å². The Hall–Kier alpha value is -1.77. The van der Waals surface area contributed by atoms with Gasteiger partial charge in [0.1, 0.15) is 5.75 Å². The van der Waals surface area contributed by atoms with Gasteiger partial charge in [0, 0.05) is 39.9 Å². The fourth-order valence-electron chi connectivity index (χ4n) is 3.61. The first-order valence-corrected chi connectivity index (χ1v) is 9.77. The van der Waals surface area contributed by atoms with Crippen molar-refractivity contribution in [3.63, 3.8) is 0 Å². The molecule has 1 saturated heterocycles. The van der Waals surface area contributed by atoms with Gasteiger partial charge in [-0.3, -0.25) is 9.67 Å². The molecule has 1 N–H and O–H groups in total. The summed E-state index contributed by atoms with van der Waals surface area (Å²) in [5.41, 5.74) is 2.50. The van der Waals surface area contributed by atoms with Crippen molar-refractivity contribution in [2.24, 2.45) is 18.0 Å². The minimum atomic E-state index is 0. The quantitative estimate of drug-likeness (QED) is 0.276. The molecule has 0 aliphatic carbocycles. The predicted octanol–water partition coefficient (Wildman–Crippen LogP) is 3.26. The van der Waals surface area contributed by atoms with Crippen LogP contribution in [0.4, 0.5) is 0 Å². The molecule has 1 aromatic carbocycles. The summed E-state index contributed by atoms with van der Waals surface area (Å²) in [6.07, 6.45) is 7.33. The molecule has 0 saturated carbocycles. The number of rotatable bonds is 7. The summed E-state index contributed by atoms with van der Waals surface area (Å²) in [4.78, 5) is 6.82. The Morgan fingerprint density at radius 2 is 2.18 bits per heavy atom. The van der Waals surface area contributed by atoms with Crippen molar-refractivity contribution in [2.75, 3.05) is 33.3 Å². The molecule has 0 spiro atoms. The number of para-hydroxylation sites is 1. The molecule has 1 fully saturated rings. The van der Waals surface area contributed by atoms with Crippen LogP contribution in [0.3, 0.4) is 0 Å². The summed E-state index contributed by atoms with van der Waals surface area (Å²) in [6.45, 7) is 5.75. The van der Waals surface area contributed by atoms with Crippen molar-refractivity contribution in [3.05, 3.63) is 47.8 Å². The molecule has 7 heteroatoms. The van der Waals surface area contributed by atoms with Crippen LogP contribution >= 0.6 is 24.0 Å². The van der Waals surface area contributed by atoms with E-state index >= 15 is 0 Å². The normalized spacial score (nSPS) is 16.8. The molecule has 1 unspecified atom stereocenters. The molecule has 2 heterocycles. The van der Waals surface area contributed by atoms with Crippen LogP contribution in [-0.2, 0) is 13.5 Å². The van der Waals surface area contributed by atoms with Crippen LogP contribution in [0.1, 0.15) is 24.0 Å². The number of benzene rings is 1. The van der Waals surface area contributed by atoms with Crippen molar-refractivity contribution in [3.8, 4) is 5.75 Å². The zero-order valence-electron chi connectivity index (χ0n) is 17.1. The SMILES string of the molecule is CN=C(NCCCOc1ccccc1C)N1CCC(Cc2cnn(C)c2)C1.I. The number of aryl methyl sites for hydroxylation is 2. The molecule has 1 atom stereocenters. The highest BCUT2D eigenvalue weighted by Gasteiger charge is 2.25. The first-order chi connectivity index (χ1) is 13.2. The highest BCUT2D eigenvalue weighted by Crippen LogP contribution is 2.20. The maximum Gasteiger partial charge on any atom is 0.193 e. The van der Waals surface area contributed by atoms with E-state index in [-0.39, 0.29) is 24.0 Å². The van der Waals surface area contributed by atoms with E-state index in [1.807, 2.05) is 43.2 Å². The molecule has 0 radical (unpaired) electrons. The summed E-state index contributed by atoms with van der Waals surface area (Å²) in [7, 11) is 3.83. The number of hydrogen-bond acceptors (Lipinski definition) is 3. The minimum absolute atomic E-state index is 0. The molecular weight excluding hydrogens is 465 g/mol. The van der Waals surface area contributed by atoms with Crippen LogP contribution in [-0.4, -0.2) is 53.9 Å². The Balaban J connectivity index is 0.00000280. The largest absolute Gasteiger partial charge is 0.493 e. The molecule has 1 aliphatic rings. The van der Waals surface area contributed by atoms with E-state index in [0.29, 0.717) is 12.5 Å². The van der Waals surface area contributed by atoms with Crippen LogP contribution in [0, 0.1) is 12.8 Å². The van der Waals surface area contributed by atoms with E-state index in [0.717, 1.165) is 44.2 Å². The second kappa shape index (κ2) is 11.3. The Bertz CT molecular complexity index is 761. The number of ether oxygens (including phenoxy) is 1. The molecule has 154 valence electrons. The lowest BCUT2D eigenvalue weighted by atomic mass is 10.0. The van der Waals surface area contributed by atoms with Crippen LogP contribution in [0.5, 0.6) is 5.75 Å². The fourth-order valence-corrected chi connectivity index (χ4v) is 3.61. The number of aliphatic imine (C=N–C) groups is 1. The molecule has 28 heavy (non-hydrogen) atoms. The van der Waals surface area contributed by atoms with Crippen molar-refractivity contribution in [1.82, 2.24) is 20.0 Å². The lowest BCUT2D eigenvalue weighted by molar-refractivity contribution is 0.308. The average molecular weight is 497 g/mol. The first-order valence-electron chi connectivity index (χ1n) is 9.77. The molecule has 3 rings (SSSR count). The second-order valence-electron chi connectivity index (χ2n) is 7.27. The van der Waals surface area contributed by atoms with Gasteiger partial charge < -0.3 is 15.0 Å². The third kappa shape index (κ3) is 6.39. The molecular formula is C21H32IN5O. The number of likely N-dealkylation sites (tertiary alicyclic amines) is 1. The van der Waals surface area contributed by atoms with E-state index in [4.69, 9.17) is 4.74 Å². The molecule has 0 bridgehead atoms. The van der Waals surface area contributed by atoms with E-state index < -0.39 is 0 Å². The molecule has 1 aliphatic heterocycles. The maximum atomic E-state index is 5.86. The highest BCUT2D eigenvalue weighted by atomic mass is 127. The number of nitrogens with zero attached hydrogens (tertiary/aromatic N) is 4. The van der Waals surface area contributed by atoms with Gasteiger partial charge in [0.15, 0.2) is 5.96 Å². The summed E-state index contributed by atoms with van der Waals surface area (Å²) >= 11 is 0. The fraction of sp³-hybridized carbons (Fsp3) is 0.524. The number of aromatic nitrogens is 2. The van der Waals surface area contributed by atoms with Crippen LogP contribution in [0.25, 0.3) is 0 Å². The summed E-state index contributed by atoms with van der Waals surface area (Å²) in [5.74, 6) is 2.64. The molecule has 0 amide bonds. The minimum Gasteiger partial charge on any atom is -0.493 e. The van der Waals surface area contributed by atoms with Gasteiger partial charge in [0.25, 0.3) is 0 Å². The lowest BCUT2D eigenvalue weighted by Crippen LogP contribution is -2.40. The van der Waals surface area contributed by atoms with Gasteiger partial charge in [-0.25, -0.2) is 0 Å². The van der Waals surface area contributed by atoms with E-state index in [1.54, 1.807) is 0 Å². The third-order valence-electron chi connectivity index (χ3n) is 5.04. The summed E-state index contributed by atoms with van der Waals surface area (Å²) in [5, 5.41) is 7.75. The van der Waals surface area contributed by atoms with Crippen molar-refractivity contribution in [1.29, 1.82) is 0 Å². The topological polar surface area (TPSA) is 54.7 Å². The number of nitrogens with one attached hydrogen (secondary N) is 1. The number of guanidine groups is 1. The van der Waals surface area contributed by atoms with Gasteiger partial charge in [0.2, 0.25) is 0 Å². The Kier molecular flexibility index (Phi) is 9.08. The Labute approximate surface area is 185 Å². The molecule has 2 aromatic rings. The van der Waals surface area contributed by atoms with E-state index in [1.165, 1.54) is 17.5 Å². The third-order valence-corrected chi connectivity index (χ3v) is 5.04. The van der Waals surface area contributed by atoms with Crippen LogP contribution < -0.4 is 10.1 Å². The van der Waals surface area contributed by atoms with Gasteiger partial charge >= 0.3 is 0 Å². The van der Waals surface area contributed by atoms with Gasteiger partial charge in [-0.05, 0) is 49.3 Å². The Morgan fingerprint density at radius 3 is 2.89 bits per heavy atom. The second-order valence-corrected chi connectivity index (χ2v) is 7.27. The highest BCUT2D eigenvalue weighted by molar-refractivity contribution is 14.0. The van der Waals surface area contributed by atoms with Crippen molar-refractivity contribution in [2.45, 2.75) is 26.2 Å². The average Bonchev–Trinajstić information content (AvgIpc) is 3.29. The first kappa shape index (κ1) is 22.5. The van der Waals surface area contributed by atoms with Crippen molar-refractivity contribution < 1.29 is 4.74 Å².